The Morgan fingerprint density at radius 2 is 1.95 bits per heavy atom. The fourth-order valence-electron chi connectivity index (χ4n) is 4.26. The number of nitrogens with two attached hydrogens (primary N) is 1. The number of aliphatic hydroxyl groups excluding tert-OH is 1. The number of hydrogen-bond acceptors (Lipinski definition) is 8. The van der Waals surface area contributed by atoms with Crippen LogP contribution in [-0.4, -0.2) is 47.9 Å². The first-order valence-corrected chi connectivity index (χ1v) is 12.1. The Morgan fingerprint density at radius 3 is 2.63 bits per heavy atom. The van der Waals surface area contributed by atoms with Gasteiger partial charge in [-0.1, -0.05) is 0 Å². The lowest BCUT2D eigenvalue weighted by atomic mass is 9.88. The van der Waals surface area contributed by atoms with E-state index in [1.807, 2.05) is 0 Å². The highest BCUT2D eigenvalue weighted by atomic mass is 19.2. The number of ketones is 1. The number of halogens is 2. The van der Waals surface area contributed by atoms with Crippen LogP contribution in [0.5, 0.6) is 17.2 Å². The van der Waals surface area contributed by atoms with Crippen LogP contribution < -0.4 is 19.9 Å². The van der Waals surface area contributed by atoms with E-state index in [0.29, 0.717) is 28.4 Å². The van der Waals surface area contributed by atoms with Gasteiger partial charge in [0.1, 0.15) is 24.5 Å². The fraction of sp³-hybridized carbons (Fsp3) is 0.357. The minimum atomic E-state index is -1.56. The topological polar surface area (TPSA) is 124 Å². The lowest BCUT2D eigenvalue weighted by molar-refractivity contribution is 0.0396. The van der Waals surface area contributed by atoms with Crippen LogP contribution >= 0.6 is 0 Å². The Balaban J connectivity index is 1.62. The summed E-state index contributed by atoms with van der Waals surface area (Å²) in [5.74, 6) is -1.21. The molecule has 0 amide bonds. The summed E-state index contributed by atoms with van der Waals surface area (Å²) in [5, 5.41) is 20.4. The summed E-state index contributed by atoms with van der Waals surface area (Å²) in [6.07, 6.45) is -0.00920. The number of nitrogens with zero attached hydrogens (tertiary/aromatic N) is 1. The molecule has 2 aromatic carbocycles. The zero-order chi connectivity index (χ0) is 27.7. The lowest BCUT2D eigenvalue weighted by Crippen LogP contribution is -2.35. The van der Waals surface area contributed by atoms with Gasteiger partial charge >= 0.3 is 0 Å². The van der Waals surface area contributed by atoms with Gasteiger partial charge in [0.25, 0.3) is 0 Å². The number of methoxy groups -OCH3 is 1. The smallest absolute Gasteiger partial charge is 0.163 e. The van der Waals surface area contributed by atoms with Gasteiger partial charge in [0.15, 0.2) is 34.7 Å². The van der Waals surface area contributed by atoms with Crippen molar-refractivity contribution in [3.63, 3.8) is 0 Å². The normalized spacial score (nSPS) is 17.9. The molecule has 202 valence electrons. The largest absolute Gasteiger partial charge is 0.493 e. The van der Waals surface area contributed by atoms with E-state index in [9.17, 15) is 18.7 Å². The van der Waals surface area contributed by atoms with Gasteiger partial charge < -0.3 is 30.2 Å². The van der Waals surface area contributed by atoms with Crippen molar-refractivity contribution in [2.45, 2.75) is 37.8 Å². The van der Waals surface area contributed by atoms with Crippen LogP contribution in [0.25, 0.3) is 11.3 Å². The maximum Gasteiger partial charge on any atom is 0.163 e. The van der Waals surface area contributed by atoms with E-state index >= 15 is 0 Å². The molecule has 2 unspecified atom stereocenters. The second kappa shape index (κ2) is 10.6. The van der Waals surface area contributed by atoms with E-state index in [-0.39, 0.29) is 55.4 Å². The predicted octanol–water partition coefficient (Wildman–Crippen LogP) is 3.84. The van der Waals surface area contributed by atoms with Crippen LogP contribution in [0, 0.1) is 11.6 Å². The molecule has 0 bridgehead atoms. The van der Waals surface area contributed by atoms with Gasteiger partial charge in [-0.05, 0) is 62.7 Å². The van der Waals surface area contributed by atoms with Gasteiger partial charge in [0.05, 0.1) is 24.9 Å². The second-order valence-electron chi connectivity index (χ2n) is 9.70. The molecule has 3 aromatic rings. The minimum absolute atomic E-state index is 0.0159. The molecule has 2 heterocycles. The summed E-state index contributed by atoms with van der Waals surface area (Å²) in [5.41, 5.74) is 5.58. The molecule has 1 aliphatic rings. The fourth-order valence-corrected chi connectivity index (χ4v) is 4.26. The first kappa shape index (κ1) is 27.4. The Morgan fingerprint density at radius 1 is 1.18 bits per heavy atom. The van der Waals surface area contributed by atoms with Crippen molar-refractivity contribution >= 4 is 5.78 Å². The highest BCUT2D eigenvalue weighted by molar-refractivity contribution is 5.96. The monoisotopic (exact) mass is 528 g/mol. The molecule has 0 saturated carbocycles. The highest BCUT2D eigenvalue weighted by Crippen LogP contribution is 2.44. The third-order valence-electron chi connectivity index (χ3n) is 6.52. The highest BCUT2D eigenvalue weighted by Gasteiger charge is 2.38. The number of carbonyl (C=O) groups excluding carboxylic acids is 1. The van der Waals surface area contributed by atoms with Gasteiger partial charge in [-0.3, -0.25) is 4.79 Å². The minimum Gasteiger partial charge on any atom is -0.493 e. The molecule has 0 fully saturated rings. The van der Waals surface area contributed by atoms with E-state index in [1.165, 1.54) is 26.2 Å². The lowest BCUT2D eigenvalue weighted by Gasteiger charge is -2.25. The first-order valence-electron chi connectivity index (χ1n) is 12.1. The molecule has 0 spiro atoms. The van der Waals surface area contributed by atoms with E-state index in [4.69, 9.17) is 25.1 Å². The van der Waals surface area contributed by atoms with Crippen LogP contribution in [0.3, 0.4) is 0 Å². The van der Waals surface area contributed by atoms with Crippen LogP contribution in [-0.2, 0) is 11.1 Å². The summed E-state index contributed by atoms with van der Waals surface area (Å²) < 4.78 is 44.1. The van der Waals surface area contributed by atoms with E-state index in [2.05, 4.69) is 4.98 Å². The molecule has 0 saturated heterocycles. The van der Waals surface area contributed by atoms with Crippen molar-refractivity contribution in [2.75, 3.05) is 26.9 Å². The number of benzene rings is 2. The van der Waals surface area contributed by atoms with E-state index in [0.717, 1.165) is 12.1 Å². The van der Waals surface area contributed by atoms with Crippen LogP contribution in [0.2, 0.25) is 0 Å². The van der Waals surface area contributed by atoms with Crippen LogP contribution in [0.15, 0.2) is 42.5 Å². The molecule has 2 atom stereocenters. The van der Waals surface area contributed by atoms with Crippen LogP contribution in [0.1, 0.15) is 48.3 Å². The van der Waals surface area contributed by atoms with Gasteiger partial charge in [0.2, 0.25) is 0 Å². The number of pyridine rings is 1. The molecule has 1 aromatic heterocycles. The van der Waals surface area contributed by atoms with E-state index in [1.54, 1.807) is 25.1 Å². The number of aromatic nitrogens is 1. The quantitative estimate of drug-likeness (QED) is 0.339. The van der Waals surface area contributed by atoms with Crippen molar-refractivity contribution in [1.82, 2.24) is 4.98 Å². The summed E-state index contributed by atoms with van der Waals surface area (Å²) in [7, 11) is 1.44. The Bertz CT molecular complexity index is 1360. The number of ether oxygens (including phenoxy) is 3. The summed E-state index contributed by atoms with van der Waals surface area (Å²) in [6, 6.07) is 9.71. The summed E-state index contributed by atoms with van der Waals surface area (Å²) in [6.45, 7) is 3.35. The van der Waals surface area contributed by atoms with Crippen molar-refractivity contribution in [1.29, 1.82) is 0 Å². The molecular weight excluding hydrogens is 498 g/mol. The Labute approximate surface area is 219 Å². The van der Waals surface area contributed by atoms with E-state index < -0.39 is 22.8 Å². The van der Waals surface area contributed by atoms with Crippen LogP contribution in [0.4, 0.5) is 8.78 Å². The molecule has 1 aliphatic heterocycles. The van der Waals surface area contributed by atoms with Crippen molar-refractivity contribution in [3.05, 3.63) is 70.9 Å². The SMILES string of the molecule is COc1cc(C(=O)CCC(C)(O)c2cc3c(c(-c4ccc(F)c(F)c4)n2)OCC3(C)N)ccc1OCCO. The van der Waals surface area contributed by atoms with Crippen molar-refractivity contribution in [3.8, 4) is 28.5 Å². The number of aliphatic hydroxyl groups is 2. The number of rotatable bonds is 10. The maximum atomic E-state index is 14.0. The third-order valence-corrected chi connectivity index (χ3v) is 6.52. The first-order chi connectivity index (χ1) is 18.0. The number of fused-ring (bicyclic) bond motifs is 1. The maximum absolute atomic E-state index is 14.0. The molecular formula is C28H30F2N2O6. The second-order valence-corrected chi connectivity index (χ2v) is 9.70. The molecule has 0 radical (unpaired) electrons. The average molecular weight is 529 g/mol. The van der Waals surface area contributed by atoms with Crippen molar-refractivity contribution in [2.24, 2.45) is 5.73 Å². The Hall–Kier alpha value is -3.60. The molecule has 4 rings (SSSR count). The number of Topliss-reactive ketones (excluding diaryl/α,β-unsaturated/α-hetero) is 1. The average Bonchev–Trinajstić information content (AvgIpc) is 3.21. The predicted molar refractivity (Wildman–Crippen MR) is 135 cm³/mol. The van der Waals surface area contributed by atoms with Crippen molar-refractivity contribution < 1.29 is 38.0 Å². The molecule has 10 heteroatoms. The molecule has 0 aliphatic carbocycles. The van der Waals surface area contributed by atoms with Gasteiger partial charge in [-0.2, -0.15) is 0 Å². The molecule has 8 nitrogen and oxygen atoms in total. The zero-order valence-corrected chi connectivity index (χ0v) is 21.4. The van der Waals surface area contributed by atoms with Gasteiger partial charge in [-0.15, -0.1) is 0 Å². The Kier molecular flexibility index (Phi) is 7.68. The molecule has 4 N–H and O–H groups in total. The van der Waals surface area contributed by atoms with Gasteiger partial charge in [0, 0.05) is 23.1 Å². The third kappa shape index (κ3) is 5.47. The van der Waals surface area contributed by atoms with Gasteiger partial charge in [-0.25, -0.2) is 13.8 Å². The molecule has 38 heavy (non-hydrogen) atoms. The summed E-state index contributed by atoms with van der Waals surface area (Å²) in [4.78, 5) is 17.5. The standard InChI is InChI=1S/C28H30F2N2O6/c1-27(31)15-38-26-18(27)14-24(32-25(26)17-4-6-19(29)20(30)12-17)28(2,35)9-8-21(34)16-5-7-22(37-11-10-33)23(13-16)36-3/h4-7,12-14,33,35H,8-11,15,31H2,1-3H3. The number of carbonyl (C=O) groups is 1. The summed E-state index contributed by atoms with van der Waals surface area (Å²) >= 11 is 0. The number of hydrogen-bond donors (Lipinski definition) is 3. The zero-order valence-electron chi connectivity index (χ0n) is 21.4.